The molecule has 0 radical (unpaired) electrons. The third-order valence-corrected chi connectivity index (χ3v) is 23.1. The minimum atomic E-state index is -0.374. The molecule has 0 bridgehead atoms. The Balaban J connectivity index is 0.789. The van der Waals surface area contributed by atoms with Gasteiger partial charge in [0.1, 0.15) is 22.3 Å². The number of aryl methyl sites for hydroxylation is 1. The van der Waals surface area contributed by atoms with E-state index >= 15 is 0 Å². The van der Waals surface area contributed by atoms with Gasteiger partial charge in [-0.3, -0.25) is 0 Å². The number of hydrogen-bond donors (Lipinski definition) is 0. The largest absolute Gasteiger partial charge is 0.456 e. The van der Waals surface area contributed by atoms with E-state index in [2.05, 4.69) is 297 Å². The minimum Gasteiger partial charge on any atom is -0.456 e. The third kappa shape index (κ3) is 6.99. The van der Waals surface area contributed by atoms with Crippen LogP contribution in [0, 0.1) is 0 Å². The van der Waals surface area contributed by atoms with Crippen molar-refractivity contribution in [2.45, 2.75) is 89.9 Å². The van der Waals surface area contributed by atoms with Crippen LogP contribution in [0.2, 0.25) is 0 Å². The van der Waals surface area contributed by atoms with Crippen molar-refractivity contribution in [2.75, 3.05) is 4.90 Å². The zero-order valence-electron chi connectivity index (χ0n) is 53.7. The van der Waals surface area contributed by atoms with E-state index in [-0.39, 0.29) is 21.7 Å². The summed E-state index contributed by atoms with van der Waals surface area (Å²) in [5, 5.41) is 7.17. The van der Waals surface area contributed by atoms with Gasteiger partial charge in [0.05, 0.1) is 0 Å². The van der Waals surface area contributed by atoms with Gasteiger partial charge in [0.15, 0.2) is 0 Å². The van der Waals surface area contributed by atoms with Gasteiger partial charge in [-0.05, 0) is 237 Å². The van der Waals surface area contributed by atoms with E-state index in [4.69, 9.17) is 8.83 Å². The molecule has 3 heteroatoms. The van der Waals surface area contributed by atoms with Crippen LogP contribution in [0.1, 0.15) is 111 Å². The summed E-state index contributed by atoms with van der Waals surface area (Å²) in [6.45, 7) is 19.5. The topological polar surface area (TPSA) is 29.5 Å². The number of fused-ring (bicyclic) bond motifs is 25. The number of rotatable bonds is 5. The molecule has 0 unspecified atom stereocenters. The summed E-state index contributed by atoms with van der Waals surface area (Å²) in [5.74, 6) is 0. The van der Waals surface area contributed by atoms with Crippen LogP contribution in [0.5, 0.6) is 0 Å². The van der Waals surface area contributed by atoms with Crippen molar-refractivity contribution < 1.29 is 8.83 Å². The SMILES string of the molecule is CC1(C)c2cc(N(c3ccc4c(c3)C(C)(C)c3cc(-c5ccccc5)c5c(c3-4)-c3ccccc3CC5)c3ccc4c(c3)C(C)(C)c3cc(-c5ccc6ccccc6c5)c5oc6ccccc6c5c3-4)ccc2-c2cc3c(cc21)-c1c(ccc2oc4ccccc4c12)C3(C)C. The molecule has 0 N–H and O–H groups in total. The summed E-state index contributed by atoms with van der Waals surface area (Å²) in [7, 11) is 0. The number of benzene rings is 13. The van der Waals surface area contributed by atoms with E-state index in [0.29, 0.717) is 0 Å². The number of furan rings is 2. The Morgan fingerprint density at radius 3 is 1.56 bits per heavy atom. The molecule has 0 aliphatic heterocycles. The lowest BCUT2D eigenvalue weighted by molar-refractivity contribution is 0.650. The van der Waals surface area contributed by atoms with Gasteiger partial charge in [0, 0.05) is 65.8 Å². The highest BCUT2D eigenvalue weighted by molar-refractivity contribution is 6.20. The molecule has 0 amide bonds. The van der Waals surface area contributed by atoms with E-state index in [0.717, 1.165) is 68.7 Å². The quantitative estimate of drug-likeness (QED) is 0.172. The molecule has 2 heterocycles. The molecule has 0 atom stereocenters. The first-order chi connectivity index (χ1) is 45.1. The molecule has 20 rings (SSSR count). The number of anilines is 3. The smallest absolute Gasteiger partial charge is 0.143 e. The second-order valence-electron chi connectivity index (χ2n) is 29.4. The van der Waals surface area contributed by atoms with Crippen molar-refractivity contribution in [1.29, 1.82) is 0 Å². The Morgan fingerprint density at radius 1 is 0.290 bits per heavy atom. The van der Waals surface area contributed by atoms with Gasteiger partial charge in [-0.25, -0.2) is 0 Å². The summed E-state index contributed by atoms with van der Waals surface area (Å²) >= 11 is 0. The zero-order chi connectivity index (χ0) is 62.3. The summed E-state index contributed by atoms with van der Waals surface area (Å²) < 4.78 is 13.6. The van der Waals surface area contributed by atoms with Crippen molar-refractivity contribution in [3.05, 3.63) is 292 Å². The van der Waals surface area contributed by atoms with Gasteiger partial charge in [-0.1, -0.05) is 207 Å². The molecular weight excluding hydrogens is 1130 g/mol. The average Bonchev–Trinajstić information content (AvgIpc) is 1.55. The molecule has 0 saturated heterocycles. The van der Waals surface area contributed by atoms with Crippen LogP contribution < -0.4 is 4.90 Å². The van der Waals surface area contributed by atoms with Crippen LogP contribution in [0.3, 0.4) is 0 Å². The second kappa shape index (κ2) is 18.2. The van der Waals surface area contributed by atoms with E-state index in [1.807, 2.05) is 0 Å². The fourth-order valence-electron chi connectivity index (χ4n) is 18.4. The fourth-order valence-corrected chi connectivity index (χ4v) is 18.4. The Bertz CT molecular complexity index is 5880. The Hall–Kier alpha value is -10.5. The lowest BCUT2D eigenvalue weighted by atomic mass is 9.75. The van der Waals surface area contributed by atoms with Crippen LogP contribution in [0.4, 0.5) is 17.1 Å². The molecule has 13 aromatic carbocycles. The summed E-state index contributed by atoms with van der Waals surface area (Å²) in [5.41, 5.74) is 37.8. The highest BCUT2D eigenvalue weighted by atomic mass is 16.3. The maximum atomic E-state index is 7.03. The summed E-state index contributed by atoms with van der Waals surface area (Å²) in [6, 6.07) is 89.9. The third-order valence-electron chi connectivity index (χ3n) is 23.1. The van der Waals surface area contributed by atoms with Crippen molar-refractivity contribution in [3.63, 3.8) is 0 Å². The van der Waals surface area contributed by atoms with E-state index < -0.39 is 0 Å². The maximum Gasteiger partial charge on any atom is 0.143 e. The van der Waals surface area contributed by atoms with Gasteiger partial charge >= 0.3 is 0 Å². The maximum absolute atomic E-state index is 7.03. The molecule has 3 nitrogen and oxygen atoms in total. The lowest BCUT2D eigenvalue weighted by Gasteiger charge is -2.31. The molecule has 5 aliphatic rings. The Kier molecular flexibility index (Phi) is 10.4. The fraction of sp³-hybridized carbons (Fsp3) is 0.156. The van der Waals surface area contributed by atoms with Gasteiger partial charge in [-0.2, -0.15) is 0 Å². The molecule has 0 spiro atoms. The van der Waals surface area contributed by atoms with Crippen molar-refractivity contribution in [2.24, 2.45) is 0 Å². The second-order valence-corrected chi connectivity index (χ2v) is 29.4. The monoisotopic (exact) mass is 1190 g/mol. The molecule has 5 aliphatic carbocycles. The molecule has 15 aromatic rings. The molecule has 444 valence electrons. The molecule has 93 heavy (non-hydrogen) atoms. The minimum absolute atomic E-state index is 0.210. The summed E-state index contributed by atoms with van der Waals surface area (Å²) in [6.07, 6.45) is 2.04. The van der Waals surface area contributed by atoms with Crippen molar-refractivity contribution >= 4 is 71.7 Å². The van der Waals surface area contributed by atoms with Gasteiger partial charge in [0.25, 0.3) is 0 Å². The molecule has 2 aromatic heterocycles. The van der Waals surface area contributed by atoms with Crippen LogP contribution >= 0.6 is 0 Å². The van der Waals surface area contributed by atoms with Crippen LogP contribution in [0.25, 0.3) is 133 Å². The molecule has 0 saturated carbocycles. The first-order valence-corrected chi connectivity index (χ1v) is 33.3. The highest BCUT2D eigenvalue weighted by Crippen LogP contribution is 2.62. The van der Waals surface area contributed by atoms with E-state index in [1.54, 1.807) is 0 Å². The predicted molar refractivity (Wildman–Crippen MR) is 387 cm³/mol. The lowest BCUT2D eigenvalue weighted by Crippen LogP contribution is -2.19. The van der Waals surface area contributed by atoms with E-state index in [9.17, 15) is 0 Å². The first-order valence-electron chi connectivity index (χ1n) is 33.3. The number of nitrogens with zero attached hydrogens (tertiary/aromatic N) is 1. The van der Waals surface area contributed by atoms with Crippen LogP contribution in [0.15, 0.2) is 245 Å². The first kappa shape index (κ1) is 53.2. The van der Waals surface area contributed by atoms with Gasteiger partial charge in [0.2, 0.25) is 0 Å². The van der Waals surface area contributed by atoms with Crippen LogP contribution in [-0.2, 0) is 34.5 Å². The van der Waals surface area contributed by atoms with Crippen molar-refractivity contribution in [3.8, 4) is 77.9 Å². The number of para-hydroxylation sites is 2. The highest BCUT2D eigenvalue weighted by Gasteiger charge is 2.46. The predicted octanol–water partition coefficient (Wildman–Crippen LogP) is 24.4. The van der Waals surface area contributed by atoms with E-state index in [1.165, 1.54) is 149 Å². The zero-order valence-corrected chi connectivity index (χ0v) is 53.7. The standard InChI is InChI=1S/C90H67NO2/c1-87(2)69-40-41-79-84(63-26-16-18-28-77(63)92-79)83(69)68-49-73-67(48-74(68)87)59-37-33-55(43-70(59)88(73,3)4)91(56-34-38-61-71(44-56)89(5,6)75-46-65(51-21-10-9-11-22-51)60-36-32-52-23-14-15-25-58(52)80(60)81(61)75)57-35-39-62-72(45-57)90(7,8)76-47-66(54-31-30-50-20-12-13-24-53(50)42-54)86-85(82(62)76)64-27-17-19-29-78(64)93-86/h9-31,33-35,37-49H,32,36H2,1-8H3. The van der Waals surface area contributed by atoms with Crippen molar-refractivity contribution in [1.82, 2.24) is 0 Å². The number of hydrogen-bond acceptors (Lipinski definition) is 3. The van der Waals surface area contributed by atoms with Gasteiger partial charge < -0.3 is 13.7 Å². The normalized spacial score (nSPS) is 15.8. The molecular formula is C90H67NO2. The molecule has 0 fully saturated rings. The average molecular weight is 1190 g/mol. The Labute approximate surface area is 542 Å². The summed E-state index contributed by atoms with van der Waals surface area (Å²) in [4.78, 5) is 2.58. The Morgan fingerprint density at radius 2 is 0.817 bits per heavy atom. The van der Waals surface area contributed by atoms with Gasteiger partial charge in [-0.15, -0.1) is 0 Å². The van der Waals surface area contributed by atoms with Crippen LogP contribution in [-0.4, -0.2) is 0 Å².